The molecule has 0 bridgehead atoms. The molecule has 136 valence electrons. The summed E-state index contributed by atoms with van der Waals surface area (Å²) >= 11 is 0. The molecule has 0 saturated carbocycles. The van der Waals surface area contributed by atoms with Crippen LogP contribution in [0.3, 0.4) is 0 Å². The Labute approximate surface area is 159 Å². The van der Waals surface area contributed by atoms with E-state index in [1.165, 1.54) is 27.7 Å². The van der Waals surface area contributed by atoms with Gasteiger partial charge in [-0.2, -0.15) is 0 Å². The van der Waals surface area contributed by atoms with E-state index in [1.54, 1.807) is 0 Å². The molecule has 0 fully saturated rings. The normalized spacial score (nSPS) is 14.0. The van der Waals surface area contributed by atoms with E-state index >= 15 is 0 Å². The second kappa shape index (κ2) is 8.28. The highest BCUT2D eigenvalue weighted by atomic mass is 15.0. The molecule has 1 heterocycles. The minimum Gasteiger partial charge on any atom is -0.334 e. The molecule has 0 aliphatic heterocycles. The van der Waals surface area contributed by atoms with E-state index in [2.05, 4.69) is 93.7 Å². The minimum absolute atomic E-state index is 0.113. The lowest BCUT2D eigenvalue weighted by molar-refractivity contribution is 0.591. The molecule has 0 spiro atoms. The number of benzene rings is 1. The molecule has 0 radical (unpaired) electrons. The van der Waals surface area contributed by atoms with Gasteiger partial charge < -0.3 is 4.57 Å². The van der Waals surface area contributed by atoms with Crippen LogP contribution >= 0.6 is 0 Å². The third kappa shape index (κ3) is 4.02. The molecule has 1 nitrogen and oxygen atoms in total. The third-order valence-electron chi connectivity index (χ3n) is 4.72. The Hall–Kier alpha value is -2.46. The summed E-state index contributed by atoms with van der Waals surface area (Å²) in [7, 11) is 0. The van der Waals surface area contributed by atoms with Crippen LogP contribution in [0, 0.1) is 12.3 Å². The molecule has 1 atom stereocenters. The zero-order valence-electron chi connectivity index (χ0n) is 17.0. The monoisotopic (exact) mass is 345 g/mol. The van der Waals surface area contributed by atoms with Crippen LogP contribution < -0.4 is 0 Å². The van der Waals surface area contributed by atoms with Gasteiger partial charge in [-0.15, -0.1) is 12.3 Å². The second-order valence-corrected chi connectivity index (χ2v) is 7.75. The lowest BCUT2D eigenvalue weighted by atomic mass is 9.86. The van der Waals surface area contributed by atoms with E-state index in [9.17, 15) is 0 Å². The summed E-state index contributed by atoms with van der Waals surface area (Å²) in [4.78, 5) is 0. The summed E-state index contributed by atoms with van der Waals surface area (Å²) in [5.41, 5.74) is 5.16. The van der Waals surface area contributed by atoms with Gasteiger partial charge in [-0.25, -0.2) is 0 Å². The smallest absolute Gasteiger partial charge is 0.0497 e. The van der Waals surface area contributed by atoms with E-state index in [4.69, 9.17) is 6.42 Å². The Morgan fingerprint density at radius 2 is 1.88 bits per heavy atom. The van der Waals surface area contributed by atoms with Crippen LogP contribution in [0.5, 0.6) is 0 Å². The zero-order valence-corrected chi connectivity index (χ0v) is 17.0. The lowest BCUT2D eigenvalue weighted by Crippen LogP contribution is -2.10. The van der Waals surface area contributed by atoms with Crippen molar-refractivity contribution in [2.45, 2.75) is 59.4 Å². The summed E-state index contributed by atoms with van der Waals surface area (Å²) in [6.45, 7) is 13.1. The molecule has 2 aromatic rings. The number of rotatable bonds is 5. The molecule has 0 saturated heterocycles. The van der Waals surface area contributed by atoms with Gasteiger partial charge in [-0.1, -0.05) is 57.2 Å². The molecule has 0 aliphatic carbocycles. The van der Waals surface area contributed by atoms with E-state index in [-0.39, 0.29) is 11.5 Å². The van der Waals surface area contributed by atoms with E-state index in [0.29, 0.717) is 6.42 Å². The van der Waals surface area contributed by atoms with Crippen molar-refractivity contribution in [3.63, 3.8) is 0 Å². The molecule has 2 rings (SSSR count). The first-order valence-corrected chi connectivity index (χ1v) is 9.38. The Kier molecular flexibility index (Phi) is 6.32. The Balaban J connectivity index is 2.81. The molecule has 1 aromatic carbocycles. The molecule has 26 heavy (non-hydrogen) atoms. The van der Waals surface area contributed by atoms with Gasteiger partial charge in [0.1, 0.15) is 0 Å². The molecular weight excluding hydrogens is 314 g/mol. The van der Waals surface area contributed by atoms with Gasteiger partial charge in [-0.05, 0) is 55.5 Å². The fraction of sp³-hybridized carbons (Fsp3) is 0.360. The molecular formula is C25H31N. The highest BCUT2D eigenvalue weighted by Crippen LogP contribution is 2.34. The number of allylic oxidation sites excluding steroid dienone is 5. The summed E-state index contributed by atoms with van der Waals surface area (Å²) < 4.78 is 2.40. The van der Waals surface area contributed by atoms with Crippen molar-refractivity contribution in [3.05, 3.63) is 65.4 Å². The van der Waals surface area contributed by atoms with Crippen molar-refractivity contribution in [2.75, 3.05) is 0 Å². The molecule has 1 heteroatoms. The summed E-state index contributed by atoms with van der Waals surface area (Å²) in [6.07, 6.45) is 19.1. The van der Waals surface area contributed by atoms with Gasteiger partial charge in [0.25, 0.3) is 0 Å². The number of hydrogen-bond acceptors (Lipinski definition) is 0. The second-order valence-electron chi connectivity index (χ2n) is 7.75. The molecule has 0 amide bonds. The largest absolute Gasteiger partial charge is 0.334 e. The van der Waals surface area contributed by atoms with Gasteiger partial charge in [0.05, 0.1) is 0 Å². The quantitative estimate of drug-likeness (QED) is 0.413. The SMILES string of the molecule is C#CCc1c(/C=C\C)n(C(C)/C=C\C=C/C)c2ccc(C(C)(C)C)cc12. The van der Waals surface area contributed by atoms with Crippen molar-refractivity contribution in [3.8, 4) is 12.3 Å². The third-order valence-corrected chi connectivity index (χ3v) is 4.72. The molecule has 0 N–H and O–H groups in total. The average Bonchev–Trinajstić information content (AvgIpc) is 2.88. The first-order valence-electron chi connectivity index (χ1n) is 9.38. The van der Waals surface area contributed by atoms with E-state index in [1.807, 2.05) is 13.0 Å². The number of nitrogens with zero attached hydrogens (tertiary/aromatic N) is 1. The van der Waals surface area contributed by atoms with E-state index < -0.39 is 0 Å². The Morgan fingerprint density at radius 1 is 1.15 bits per heavy atom. The first kappa shape index (κ1) is 19.9. The van der Waals surface area contributed by atoms with E-state index in [0.717, 1.165) is 0 Å². The van der Waals surface area contributed by atoms with Crippen molar-refractivity contribution < 1.29 is 0 Å². The average molecular weight is 346 g/mol. The fourth-order valence-corrected chi connectivity index (χ4v) is 3.35. The number of hydrogen-bond donors (Lipinski definition) is 0. The van der Waals surface area contributed by atoms with Crippen LogP contribution in [0.2, 0.25) is 0 Å². The maximum Gasteiger partial charge on any atom is 0.0497 e. The maximum atomic E-state index is 5.72. The predicted octanol–water partition coefficient (Wildman–Crippen LogP) is 6.84. The standard InChI is InChI=1S/C25H31N/c1-8-11-12-15-19(4)26-23(14-10-3)21(13-9-2)22-18-20(25(5,6)7)16-17-24(22)26/h2,8,10-12,14-19H,13H2,1,3-7H3/b11-8-,14-10-,15-12-. The lowest BCUT2D eigenvalue weighted by Gasteiger charge is -2.19. The predicted molar refractivity (Wildman–Crippen MR) is 117 cm³/mol. The van der Waals surface area contributed by atoms with Gasteiger partial charge in [0.15, 0.2) is 0 Å². The zero-order chi connectivity index (χ0) is 19.3. The van der Waals surface area contributed by atoms with Crippen molar-refractivity contribution in [1.82, 2.24) is 4.57 Å². The summed E-state index contributed by atoms with van der Waals surface area (Å²) in [6, 6.07) is 7.07. The van der Waals surface area contributed by atoms with Gasteiger partial charge in [-0.3, -0.25) is 0 Å². The van der Waals surface area contributed by atoms with Crippen LogP contribution in [0.1, 0.15) is 64.4 Å². The van der Waals surface area contributed by atoms with Crippen molar-refractivity contribution in [2.24, 2.45) is 0 Å². The highest BCUT2D eigenvalue weighted by molar-refractivity contribution is 5.89. The Bertz CT molecular complexity index is 889. The van der Waals surface area contributed by atoms with Gasteiger partial charge >= 0.3 is 0 Å². The number of aromatic nitrogens is 1. The summed E-state index contributed by atoms with van der Waals surface area (Å²) in [5, 5.41) is 1.27. The fourth-order valence-electron chi connectivity index (χ4n) is 3.35. The molecule has 1 aromatic heterocycles. The van der Waals surface area contributed by atoms with Crippen LogP contribution in [-0.4, -0.2) is 4.57 Å². The Morgan fingerprint density at radius 3 is 2.46 bits per heavy atom. The van der Waals surface area contributed by atoms with Crippen molar-refractivity contribution >= 4 is 17.0 Å². The van der Waals surface area contributed by atoms with Gasteiger partial charge in [0.2, 0.25) is 0 Å². The molecule has 0 aliphatic rings. The number of terminal acetylenes is 1. The summed E-state index contributed by atoms with van der Waals surface area (Å²) in [5.74, 6) is 2.86. The maximum absolute atomic E-state index is 5.72. The van der Waals surface area contributed by atoms with Crippen LogP contribution in [-0.2, 0) is 11.8 Å². The highest BCUT2D eigenvalue weighted by Gasteiger charge is 2.20. The topological polar surface area (TPSA) is 4.93 Å². The first-order chi connectivity index (χ1) is 12.3. The van der Waals surface area contributed by atoms with Crippen molar-refractivity contribution in [1.29, 1.82) is 0 Å². The number of fused-ring (bicyclic) bond motifs is 1. The van der Waals surface area contributed by atoms with Crippen LogP contribution in [0.15, 0.2) is 48.6 Å². The minimum atomic E-state index is 0.113. The van der Waals surface area contributed by atoms with Crippen LogP contribution in [0.25, 0.3) is 17.0 Å². The van der Waals surface area contributed by atoms with Gasteiger partial charge in [0, 0.05) is 29.1 Å². The molecule has 1 unspecified atom stereocenters. The van der Waals surface area contributed by atoms with Crippen LogP contribution in [0.4, 0.5) is 0 Å².